The molecule has 0 unspecified atom stereocenters. The summed E-state index contributed by atoms with van der Waals surface area (Å²) in [5.74, 6) is -0.303. The SMILES string of the molecule is COc1cccc(F)c1-c1nccc(C(=O)Cc2cc(F)c(-c3cccnc3C)cc2N2C[C@H]3CC[C@@H]2C3)n1. The Balaban J connectivity index is 1.38. The molecule has 8 heteroatoms. The van der Waals surface area contributed by atoms with E-state index < -0.39 is 11.6 Å². The Hall–Kier alpha value is -4.20. The van der Waals surface area contributed by atoms with Crippen LogP contribution in [0.5, 0.6) is 5.75 Å². The van der Waals surface area contributed by atoms with Gasteiger partial charge in [-0.1, -0.05) is 12.1 Å². The van der Waals surface area contributed by atoms with Crippen LogP contribution >= 0.6 is 0 Å². The van der Waals surface area contributed by atoms with Crippen molar-refractivity contribution in [1.82, 2.24) is 15.0 Å². The van der Waals surface area contributed by atoms with Gasteiger partial charge in [0.1, 0.15) is 23.1 Å². The van der Waals surface area contributed by atoms with Crippen LogP contribution in [0.1, 0.15) is 41.0 Å². The third kappa shape index (κ3) is 4.64. The van der Waals surface area contributed by atoms with Crippen molar-refractivity contribution in [1.29, 1.82) is 0 Å². The van der Waals surface area contributed by atoms with E-state index in [1.807, 2.05) is 19.1 Å². The van der Waals surface area contributed by atoms with Crippen LogP contribution in [0.25, 0.3) is 22.5 Å². The molecule has 2 atom stereocenters. The molecule has 2 bridgehead atoms. The number of carbonyl (C=O) groups is 1. The van der Waals surface area contributed by atoms with Gasteiger partial charge in [0, 0.05) is 53.9 Å². The number of methoxy groups -OCH3 is 1. The van der Waals surface area contributed by atoms with Crippen LogP contribution in [-0.4, -0.2) is 40.4 Å². The van der Waals surface area contributed by atoms with Crippen molar-refractivity contribution >= 4 is 11.5 Å². The molecule has 0 radical (unpaired) electrons. The van der Waals surface area contributed by atoms with Crippen LogP contribution in [0.2, 0.25) is 0 Å². The first-order chi connectivity index (χ1) is 18.9. The molecule has 1 aliphatic heterocycles. The summed E-state index contributed by atoms with van der Waals surface area (Å²) in [5, 5.41) is 0. The molecular weight excluding hydrogens is 498 g/mol. The number of aryl methyl sites for hydroxylation is 1. The normalized spacial score (nSPS) is 18.0. The fourth-order valence-electron chi connectivity index (χ4n) is 6.00. The van der Waals surface area contributed by atoms with E-state index in [9.17, 15) is 9.18 Å². The van der Waals surface area contributed by atoms with Crippen molar-refractivity contribution in [3.8, 4) is 28.3 Å². The van der Waals surface area contributed by atoms with Gasteiger partial charge in [-0.05, 0) is 74.1 Å². The van der Waals surface area contributed by atoms with Gasteiger partial charge in [-0.2, -0.15) is 0 Å². The lowest BCUT2D eigenvalue weighted by Crippen LogP contribution is -2.33. The van der Waals surface area contributed by atoms with Crippen LogP contribution in [-0.2, 0) is 6.42 Å². The van der Waals surface area contributed by atoms with Gasteiger partial charge in [0.2, 0.25) is 0 Å². The molecule has 0 amide bonds. The van der Waals surface area contributed by atoms with Crippen molar-refractivity contribution in [2.75, 3.05) is 18.6 Å². The Labute approximate surface area is 225 Å². The third-order valence-electron chi connectivity index (χ3n) is 7.90. The molecule has 4 aromatic rings. The molecule has 1 aliphatic carbocycles. The van der Waals surface area contributed by atoms with Gasteiger partial charge in [-0.25, -0.2) is 18.7 Å². The Kier molecular flexibility index (Phi) is 6.54. The number of carbonyl (C=O) groups excluding carboxylic acids is 1. The molecule has 2 fully saturated rings. The van der Waals surface area contributed by atoms with Crippen LogP contribution in [0, 0.1) is 24.5 Å². The summed E-state index contributed by atoms with van der Waals surface area (Å²) in [6, 6.07) is 13.3. The van der Waals surface area contributed by atoms with Crippen molar-refractivity contribution in [3.63, 3.8) is 0 Å². The Bertz CT molecular complexity index is 1570. The number of anilines is 1. The van der Waals surface area contributed by atoms with E-state index in [1.54, 1.807) is 18.3 Å². The number of pyridine rings is 1. The smallest absolute Gasteiger partial charge is 0.185 e. The number of ether oxygens (including phenoxy) is 1. The molecule has 2 aromatic carbocycles. The molecule has 3 heterocycles. The van der Waals surface area contributed by atoms with E-state index in [0.29, 0.717) is 23.1 Å². The lowest BCUT2D eigenvalue weighted by Gasteiger charge is -2.31. The number of benzene rings is 2. The molecule has 1 saturated carbocycles. The number of rotatable bonds is 7. The van der Waals surface area contributed by atoms with Crippen LogP contribution in [0.15, 0.2) is 60.9 Å². The van der Waals surface area contributed by atoms with Gasteiger partial charge < -0.3 is 9.64 Å². The minimum absolute atomic E-state index is 0.0443. The zero-order valence-electron chi connectivity index (χ0n) is 21.8. The summed E-state index contributed by atoms with van der Waals surface area (Å²) in [6.07, 6.45) is 6.49. The van der Waals surface area contributed by atoms with Gasteiger partial charge >= 0.3 is 0 Å². The summed E-state index contributed by atoms with van der Waals surface area (Å²) < 4.78 is 35.5. The maximum absolute atomic E-state index is 15.6. The van der Waals surface area contributed by atoms with E-state index in [1.165, 1.54) is 44.0 Å². The first-order valence-electron chi connectivity index (χ1n) is 13.1. The number of fused-ring (bicyclic) bond motifs is 2. The van der Waals surface area contributed by atoms with Crippen LogP contribution < -0.4 is 9.64 Å². The topological polar surface area (TPSA) is 68.2 Å². The molecule has 0 N–H and O–H groups in total. The van der Waals surface area contributed by atoms with Crippen molar-refractivity contribution in [3.05, 3.63) is 89.5 Å². The lowest BCUT2D eigenvalue weighted by atomic mass is 9.96. The molecule has 2 aliphatic rings. The second-order valence-corrected chi connectivity index (χ2v) is 10.3. The van der Waals surface area contributed by atoms with E-state index in [2.05, 4.69) is 19.9 Å². The van der Waals surface area contributed by atoms with Gasteiger partial charge in [0.15, 0.2) is 11.6 Å². The van der Waals surface area contributed by atoms with E-state index >= 15 is 4.39 Å². The fraction of sp³-hybridized carbons (Fsp3) is 0.290. The Morgan fingerprint density at radius 2 is 1.90 bits per heavy atom. The zero-order valence-corrected chi connectivity index (χ0v) is 21.8. The summed E-state index contributed by atoms with van der Waals surface area (Å²) in [7, 11) is 1.44. The molecule has 6 rings (SSSR count). The number of Topliss-reactive ketones (excluding diaryl/α,β-unsaturated/α-hetero) is 1. The molecule has 6 nitrogen and oxygen atoms in total. The first kappa shape index (κ1) is 25.1. The highest BCUT2D eigenvalue weighted by molar-refractivity contribution is 5.97. The summed E-state index contributed by atoms with van der Waals surface area (Å²) in [4.78, 5) is 28.8. The van der Waals surface area contributed by atoms with Gasteiger partial charge in [-0.15, -0.1) is 0 Å². The van der Waals surface area contributed by atoms with E-state index in [0.717, 1.165) is 36.3 Å². The number of aromatic nitrogens is 3. The highest BCUT2D eigenvalue weighted by Crippen LogP contribution is 2.43. The zero-order chi connectivity index (χ0) is 27.1. The highest BCUT2D eigenvalue weighted by Gasteiger charge is 2.39. The number of halogens is 2. The lowest BCUT2D eigenvalue weighted by molar-refractivity contribution is 0.0988. The Morgan fingerprint density at radius 3 is 2.64 bits per heavy atom. The highest BCUT2D eigenvalue weighted by atomic mass is 19.1. The second-order valence-electron chi connectivity index (χ2n) is 10.3. The molecule has 2 aromatic heterocycles. The second kappa shape index (κ2) is 10.2. The number of hydrogen-bond donors (Lipinski definition) is 0. The van der Waals surface area contributed by atoms with E-state index in [4.69, 9.17) is 4.74 Å². The molecule has 0 spiro atoms. The minimum Gasteiger partial charge on any atom is -0.496 e. The Morgan fingerprint density at radius 1 is 1.03 bits per heavy atom. The van der Waals surface area contributed by atoms with Crippen LogP contribution in [0.4, 0.5) is 14.5 Å². The molecular formula is C31H28F2N4O2. The summed E-state index contributed by atoms with van der Waals surface area (Å²) >= 11 is 0. The van der Waals surface area contributed by atoms with Gasteiger partial charge in [-0.3, -0.25) is 9.78 Å². The fourth-order valence-corrected chi connectivity index (χ4v) is 6.00. The maximum atomic E-state index is 15.6. The predicted octanol–water partition coefficient (Wildman–Crippen LogP) is 6.21. The van der Waals surface area contributed by atoms with Crippen molar-refractivity contribution in [2.45, 2.75) is 38.6 Å². The average Bonchev–Trinajstić information content (AvgIpc) is 3.58. The number of piperidine rings is 1. The van der Waals surface area contributed by atoms with Crippen molar-refractivity contribution < 1.29 is 18.3 Å². The van der Waals surface area contributed by atoms with Crippen molar-refractivity contribution in [2.24, 2.45) is 5.92 Å². The molecule has 1 saturated heterocycles. The standard InChI is InChI=1S/C31H28F2N4O2/c1-18-22(5-4-11-34-18)23-16-27(37-17-19-8-9-21(37)13-19)20(14-25(23)33)15-28(38)26-10-12-35-31(36-26)30-24(32)6-3-7-29(30)39-2/h3-7,10-12,14,16,19,21H,8-9,13,15,17H2,1-2H3/t19-,21+/m0/s1. The summed E-state index contributed by atoms with van der Waals surface area (Å²) in [5.41, 5.74) is 3.66. The molecule has 198 valence electrons. The monoisotopic (exact) mass is 526 g/mol. The number of ketones is 1. The average molecular weight is 527 g/mol. The largest absolute Gasteiger partial charge is 0.496 e. The summed E-state index contributed by atoms with van der Waals surface area (Å²) in [6.45, 7) is 2.76. The van der Waals surface area contributed by atoms with Crippen LogP contribution in [0.3, 0.4) is 0 Å². The predicted molar refractivity (Wildman–Crippen MR) is 145 cm³/mol. The van der Waals surface area contributed by atoms with E-state index in [-0.39, 0.29) is 35.0 Å². The maximum Gasteiger partial charge on any atom is 0.185 e. The van der Waals surface area contributed by atoms with Gasteiger partial charge in [0.05, 0.1) is 12.7 Å². The first-order valence-corrected chi connectivity index (χ1v) is 13.1. The van der Waals surface area contributed by atoms with Gasteiger partial charge in [0.25, 0.3) is 0 Å². The quantitative estimate of drug-likeness (QED) is 0.267. The third-order valence-corrected chi connectivity index (χ3v) is 7.90. The number of hydrogen-bond acceptors (Lipinski definition) is 6. The number of nitrogens with zero attached hydrogens (tertiary/aromatic N) is 4. The molecule has 39 heavy (non-hydrogen) atoms. The minimum atomic E-state index is -0.548.